The third-order valence-electron chi connectivity index (χ3n) is 1.93. The van der Waals surface area contributed by atoms with Crippen molar-refractivity contribution in [2.45, 2.75) is 0 Å². The molecule has 0 aliphatic carbocycles. The molecule has 0 fully saturated rings. The number of ether oxygens (including phenoxy) is 1. The number of nitrogens with one attached hydrogen (secondary N) is 1. The maximum atomic E-state index is 11.2. The third-order valence-corrected chi connectivity index (χ3v) is 2.52. The Labute approximate surface area is 111 Å². The molecule has 0 radical (unpaired) electrons. The van der Waals surface area contributed by atoms with Crippen LogP contribution in [0.5, 0.6) is 0 Å². The number of benzene rings is 1. The minimum absolute atomic E-state index is 0.193. The van der Waals surface area contributed by atoms with Crippen molar-refractivity contribution in [1.82, 2.24) is 0 Å². The summed E-state index contributed by atoms with van der Waals surface area (Å²) < 4.78 is 29.0. The fraction of sp³-hybridized carbons (Fsp3) is 0.167. The molecule has 7 heteroatoms. The lowest BCUT2D eigenvalue weighted by Gasteiger charge is -2.06. The van der Waals surface area contributed by atoms with Crippen molar-refractivity contribution < 1.29 is 17.9 Å². The van der Waals surface area contributed by atoms with Crippen molar-refractivity contribution >= 4 is 21.7 Å². The van der Waals surface area contributed by atoms with E-state index in [2.05, 4.69) is 21.3 Å². The summed E-state index contributed by atoms with van der Waals surface area (Å²) in [5, 5.41) is 8.78. The zero-order valence-corrected chi connectivity index (χ0v) is 11.0. The Morgan fingerprint density at radius 1 is 1.42 bits per heavy atom. The van der Waals surface area contributed by atoms with Crippen molar-refractivity contribution in [3.63, 3.8) is 0 Å². The quantitative estimate of drug-likeness (QED) is 0.626. The summed E-state index contributed by atoms with van der Waals surface area (Å²) in [6, 6.07) is 6.12. The van der Waals surface area contributed by atoms with Crippen LogP contribution in [-0.2, 0) is 19.6 Å². The molecule has 1 aromatic rings. The third kappa shape index (κ3) is 4.70. The first kappa shape index (κ1) is 14.6. The van der Waals surface area contributed by atoms with Gasteiger partial charge in [-0.25, -0.2) is 13.2 Å². The Balaban J connectivity index is 3.27. The summed E-state index contributed by atoms with van der Waals surface area (Å²) in [6.07, 6.45) is 0.989. The van der Waals surface area contributed by atoms with Crippen LogP contribution < -0.4 is 4.72 Å². The van der Waals surface area contributed by atoms with E-state index >= 15 is 0 Å². The van der Waals surface area contributed by atoms with E-state index in [1.54, 1.807) is 0 Å². The van der Waals surface area contributed by atoms with E-state index in [0.717, 1.165) is 6.26 Å². The monoisotopic (exact) mass is 278 g/mol. The zero-order valence-electron chi connectivity index (χ0n) is 10.2. The highest BCUT2D eigenvalue weighted by atomic mass is 32.2. The molecular weight excluding hydrogens is 268 g/mol. The van der Waals surface area contributed by atoms with E-state index in [9.17, 15) is 13.2 Å². The van der Waals surface area contributed by atoms with Crippen molar-refractivity contribution in [2.75, 3.05) is 18.1 Å². The number of methoxy groups -OCH3 is 1. The molecular formula is C12H10N2O4S. The summed E-state index contributed by atoms with van der Waals surface area (Å²) in [5.41, 5.74) is 0.709. The molecule has 0 amide bonds. The maximum absolute atomic E-state index is 11.2. The number of carbonyl (C=O) groups is 1. The van der Waals surface area contributed by atoms with E-state index in [-0.39, 0.29) is 11.3 Å². The predicted molar refractivity (Wildman–Crippen MR) is 68.5 cm³/mol. The van der Waals surface area contributed by atoms with Crippen molar-refractivity contribution in [1.29, 1.82) is 5.26 Å². The molecule has 0 bridgehead atoms. The molecule has 1 N–H and O–H groups in total. The second-order valence-electron chi connectivity index (χ2n) is 3.49. The van der Waals surface area contributed by atoms with Gasteiger partial charge in [-0.05, 0) is 18.2 Å². The number of sulfonamides is 1. The molecule has 6 nitrogen and oxygen atoms in total. The smallest absolute Gasteiger partial charge is 0.384 e. The number of nitriles is 1. The topological polar surface area (TPSA) is 96.3 Å². The van der Waals surface area contributed by atoms with E-state index in [1.807, 2.05) is 6.07 Å². The molecule has 0 spiro atoms. The van der Waals surface area contributed by atoms with Crippen LogP contribution in [0.1, 0.15) is 11.1 Å². The van der Waals surface area contributed by atoms with Gasteiger partial charge in [0.25, 0.3) is 0 Å². The minimum atomic E-state index is -3.48. The molecule has 0 atom stereocenters. The fourth-order valence-corrected chi connectivity index (χ4v) is 1.75. The minimum Gasteiger partial charge on any atom is -0.459 e. The lowest BCUT2D eigenvalue weighted by atomic mass is 10.1. The van der Waals surface area contributed by atoms with Crippen LogP contribution in [0.15, 0.2) is 18.2 Å². The average molecular weight is 278 g/mol. The molecule has 0 aromatic heterocycles. The summed E-state index contributed by atoms with van der Waals surface area (Å²) in [5.74, 6) is 3.87. The number of rotatable bonds is 2. The van der Waals surface area contributed by atoms with Gasteiger partial charge in [-0.3, -0.25) is 4.72 Å². The van der Waals surface area contributed by atoms with Crippen LogP contribution in [0, 0.1) is 23.2 Å². The largest absolute Gasteiger partial charge is 0.459 e. The van der Waals surface area contributed by atoms with Crippen LogP contribution in [0.4, 0.5) is 5.69 Å². The Bertz CT molecular complexity index is 705. The molecule has 1 rings (SSSR count). The Morgan fingerprint density at radius 2 is 2.11 bits per heavy atom. The number of carbonyl (C=O) groups excluding carboxylic acids is 1. The Kier molecular flexibility index (Phi) is 4.51. The van der Waals surface area contributed by atoms with E-state index in [4.69, 9.17) is 5.26 Å². The van der Waals surface area contributed by atoms with Gasteiger partial charge in [0.1, 0.15) is 0 Å². The first-order valence-corrected chi connectivity index (χ1v) is 6.87. The fourth-order valence-electron chi connectivity index (χ4n) is 1.18. The highest BCUT2D eigenvalue weighted by molar-refractivity contribution is 7.92. The van der Waals surface area contributed by atoms with Crippen LogP contribution in [-0.4, -0.2) is 27.8 Å². The molecule has 0 aliphatic heterocycles. The summed E-state index contributed by atoms with van der Waals surface area (Å²) in [7, 11) is -2.30. The number of hydrogen-bond acceptors (Lipinski definition) is 5. The lowest BCUT2D eigenvalue weighted by molar-refractivity contribution is -0.133. The van der Waals surface area contributed by atoms with E-state index in [0.29, 0.717) is 5.56 Å². The predicted octanol–water partition coefficient (Wildman–Crippen LogP) is 0.454. The van der Waals surface area contributed by atoms with Gasteiger partial charge in [-0.15, -0.1) is 0 Å². The maximum Gasteiger partial charge on any atom is 0.384 e. The van der Waals surface area contributed by atoms with Gasteiger partial charge in [0.2, 0.25) is 10.0 Å². The summed E-state index contributed by atoms with van der Waals surface area (Å²) >= 11 is 0. The molecule has 0 unspecified atom stereocenters. The molecule has 98 valence electrons. The Hall–Kier alpha value is -2.51. The van der Waals surface area contributed by atoms with E-state index < -0.39 is 16.0 Å². The van der Waals surface area contributed by atoms with Crippen LogP contribution in [0.25, 0.3) is 0 Å². The average Bonchev–Trinajstić information content (AvgIpc) is 2.35. The second-order valence-corrected chi connectivity index (χ2v) is 5.24. The molecule has 0 aliphatic rings. The van der Waals surface area contributed by atoms with Crippen molar-refractivity contribution in [3.05, 3.63) is 29.3 Å². The highest BCUT2D eigenvalue weighted by Gasteiger charge is 2.07. The normalized spacial score (nSPS) is 9.74. The van der Waals surface area contributed by atoms with Gasteiger partial charge in [0.15, 0.2) is 0 Å². The van der Waals surface area contributed by atoms with Gasteiger partial charge >= 0.3 is 5.97 Å². The molecule has 0 saturated carbocycles. The van der Waals surface area contributed by atoms with Crippen LogP contribution in [0.2, 0.25) is 0 Å². The summed E-state index contributed by atoms with van der Waals surface area (Å²) in [4.78, 5) is 10.9. The number of esters is 1. The van der Waals surface area contributed by atoms with Gasteiger partial charge in [-0.1, -0.05) is 5.92 Å². The molecule has 1 aromatic carbocycles. The lowest BCUT2D eigenvalue weighted by Crippen LogP contribution is -2.10. The van der Waals surface area contributed by atoms with Gasteiger partial charge in [0, 0.05) is 5.92 Å². The zero-order chi connectivity index (χ0) is 14.5. The molecule has 0 saturated heterocycles. The van der Waals surface area contributed by atoms with Gasteiger partial charge in [0.05, 0.1) is 36.2 Å². The SMILES string of the molecule is COC(=O)C#Cc1cc(C#N)ccc1NS(C)(=O)=O. The van der Waals surface area contributed by atoms with Gasteiger partial charge in [-0.2, -0.15) is 5.26 Å². The van der Waals surface area contributed by atoms with Crippen molar-refractivity contribution in [2.24, 2.45) is 0 Å². The number of nitrogens with zero attached hydrogens (tertiary/aromatic N) is 1. The molecule has 19 heavy (non-hydrogen) atoms. The second kappa shape index (κ2) is 5.89. The van der Waals surface area contributed by atoms with Crippen LogP contribution in [0.3, 0.4) is 0 Å². The first-order chi connectivity index (χ1) is 8.85. The van der Waals surface area contributed by atoms with Crippen LogP contribution >= 0.6 is 0 Å². The standard InChI is InChI=1S/C12H10N2O4S/c1-18-12(15)6-4-10-7-9(8-13)3-5-11(10)14-19(2,16)17/h3,5,7,14H,1-2H3. The summed E-state index contributed by atoms with van der Waals surface area (Å²) in [6.45, 7) is 0. The number of anilines is 1. The number of hydrogen-bond donors (Lipinski definition) is 1. The van der Waals surface area contributed by atoms with Gasteiger partial charge < -0.3 is 4.74 Å². The highest BCUT2D eigenvalue weighted by Crippen LogP contribution is 2.17. The van der Waals surface area contributed by atoms with E-state index in [1.165, 1.54) is 25.3 Å². The first-order valence-electron chi connectivity index (χ1n) is 4.97. The van der Waals surface area contributed by atoms with Crippen molar-refractivity contribution in [3.8, 4) is 17.9 Å². The Morgan fingerprint density at radius 3 is 2.63 bits per heavy atom. The molecule has 0 heterocycles.